The van der Waals surface area contributed by atoms with Gasteiger partial charge in [-0.1, -0.05) is 54.1 Å². The van der Waals surface area contributed by atoms with Crippen LogP contribution in [-0.2, 0) is 11.2 Å². The third-order valence-corrected chi connectivity index (χ3v) is 3.67. The quantitative estimate of drug-likeness (QED) is 0.763. The Morgan fingerprint density at radius 3 is 2.65 bits per heavy atom. The van der Waals surface area contributed by atoms with Crippen molar-refractivity contribution in [3.63, 3.8) is 0 Å². The van der Waals surface area contributed by atoms with E-state index in [0.717, 1.165) is 16.7 Å². The Labute approximate surface area is 140 Å². The number of amides is 1. The highest BCUT2D eigenvalue weighted by Crippen LogP contribution is 2.26. The van der Waals surface area contributed by atoms with Gasteiger partial charge in [0, 0.05) is 16.8 Å². The van der Waals surface area contributed by atoms with E-state index >= 15 is 0 Å². The average Bonchev–Trinajstić information content (AvgIpc) is 2.56. The summed E-state index contributed by atoms with van der Waals surface area (Å²) in [5, 5.41) is 3.56. The number of halogens is 1. The molecule has 3 rings (SSSR count). The maximum Gasteiger partial charge on any atom is 0.228 e. The van der Waals surface area contributed by atoms with Crippen LogP contribution in [0.1, 0.15) is 5.56 Å². The second kappa shape index (κ2) is 7.07. The molecule has 0 saturated heterocycles. The van der Waals surface area contributed by atoms with Gasteiger partial charge < -0.3 is 5.32 Å². The molecule has 114 valence electrons. The first-order valence-electron chi connectivity index (χ1n) is 7.26. The number of carbonyl (C=O) groups is 1. The number of aromatic nitrogens is 1. The largest absolute Gasteiger partial charge is 0.324 e. The van der Waals surface area contributed by atoms with Gasteiger partial charge in [0.1, 0.15) is 0 Å². The average molecular weight is 323 g/mol. The maximum atomic E-state index is 12.3. The van der Waals surface area contributed by atoms with E-state index < -0.39 is 0 Å². The van der Waals surface area contributed by atoms with Gasteiger partial charge >= 0.3 is 0 Å². The molecule has 0 fully saturated rings. The van der Waals surface area contributed by atoms with Crippen molar-refractivity contribution in [3.8, 4) is 11.1 Å². The van der Waals surface area contributed by atoms with Crippen LogP contribution in [0.4, 0.5) is 5.69 Å². The fourth-order valence-electron chi connectivity index (χ4n) is 2.39. The van der Waals surface area contributed by atoms with Crippen molar-refractivity contribution in [1.29, 1.82) is 0 Å². The van der Waals surface area contributed by atoms with Crippen LogP contribution in [0.25, 0.3) is 11.1 Å². The molecule has 0 radical (unpaired) electrons. The first-order chi connectivity index (χ1) is 11.2. The van der Waals surface area contributed by atoms with E-state index in [9.17, 15) is 4.79 Å². The molecule has 0 bridgehead atoms. The number of anilines is 1. The van der Waals surface area contributed by atoms with Gasteiger partial charge in [0.25, 0.3) is 0 Å². The van der Waals surface area contributed by atoms with Crippen LogP contribution >= 0.6 is 11.6 Å². The first kappa shape index (κ1) is 15.3. The van der Waals surface area contributed by atoms with Gasteiger partial charge in [0.15, 0.2) is 0 Å². The van der Waals surface area contributed by atoms with Gasteiger partial charge in [0.2, 0.25) is 5.91 Å². The minimum absolute atomic E-state index is 0.0996. The Bertz CT molecular complexity index is 818. The molecule has 0 atom stereocenters. The zero-order valence-electron chi connectivity index (χ0n) is 12.4. The molecule has 23 heavy (non-hydrogen) atoms. The Kier molecular flexibility index (Phi) is 4.69. The first-order valence-corrected chi connectivity index (χ1v) is 7.64. The number of hydrogen-bond acceptors (Lipinski definition) is 2. The summed E-state index contributed by atoms with van der Waals surface area (Å²) >= 11 is 5.95. The standard InChI is InChI=1S/C19H15ClN2O/c20-16-8-4-5-14(11-16)12-19(23)22-18-13-21-10-9-17(18)15-6-2-1-3-7-15/h1-11,13H,12H2,(H,22,23). The van der Waals surface area contributed by atoms with Crippen molar-refractivity contribution >= 4 is 23.2 Å². The van der Waals surface area contributed by atoms with Gasteiger partial charge in [-0.2, -0.15) is 0 Å². The fraction of sp³-hybridized carbons (Fsp3) is 0.0526. The van der Waals surface area contributed by atoms with Gasteiger partial charge in [-0.05, 0) is 29.3 Å². The number of carbonyl (C=O) groups excluding carboxylic acids is 1. The summed E-state index contributed by atoms with van der Waals surface area (Å²) in [5.74, 6) is -0.0996. The van der Waals surface area contributed by atoms with Crippen LogP contribution in [-0.4, -0.2) is 10.9 Å². The summed E-state index contributed by atoms with van der Waals surface area (Å²) in [4.78, 5) is 16.4. The highest BCUT2D eigenvalue weighted by atomic mass is 35.5. The molecule has 1 heterocycles. The molecule has 0 saturated carbocycles. The lowest BCUT2D eigenvalue weighted by Gasteiger charge is -2.11. The van der Waals surface area contributed by atoms with Gasteiger partial charge in [-0.25, -0.2) is 0 Å². The monoisotopic (exact) mass is 322 g/mol. The molecule has 0 aliphatic carbocycles. The van der Waals surface area contributed by atoms with Crippen LogP contribution in [0.15, 0.2) is 73.1 Å². The summed E-state index contributed by atoms with van der Waals surface area (Å²) in [5.41, 5.74) is 3.55. The Hall–Kier alpha value is -2.65. The molecule has 0 spiro atoms. The number of nitrogens with zero attached hydrogens (tertiary/aromatic N) is 1. The van der Waals surface area contributed by atoms with Crippen LogP contribution in [0.2, 0.25) is 5.02 Å². The van der Waals surface area contributed by atoms with Gasteiger partial charge in [0.05, 0.1) is 18.3 Å². The molecule has 3 nitrogen and oxygen atoms in total. The molecule has 1 aromatic heterocycles. The number of hydrogen-bond donors (Lipinski definition) is 1. The van der Waals surface area contributed by atoms with Crippen molar-refractivity contribution in [2.45, 2.75) is 6.42 Å². The summed E-state index contributed by atoms with van der Waals surface area (Å²) < 4.78 is 0. The second-order valence-electron chi connectivity index (χ2n) is 5.14. The van der Waals surface area contributed by atoms with E-state index in [2.05, 4.69) is 10.3 Å². The van der Waals surface area contributed by atoms with Gasteiger partial charge in [-0.15, -0.1) is 0 Å². The fourth-order valence-corrected chi connectivity index (χ4v) is 2.60. The lowest BCUT2D eigenvalue weighted by molar-refractivity contribution is -0.115. The molecule has 1 amide bonds. The van der Waals surface area contributed by atoms with E-state index in [1.54, 1.807) is 24.5 Å². The minimum atomic E-state index is -0.0996. The lowest BCUT2D eigenvalue weighted by Crippen LogP contribution is -2.15. The molecule has 0 aliphatic heterocycles. The summed E-state index contributed by atoms with van der Waals surface area (Å²) in [6.45, 7) is 0. The van der Waals surface area contributed by atoms with Gasteiger partial charge in [-0.3, -0.25) is 9.78 Å². The maximum absolute atomic E-state index is 12.3. The van der Waals surface area contributed by atoms with Crippen molar-refractivity contribution in [2.24, 2.45) is 0 Å². The van der Waals surface area contributed by atoms with Crippen LogP contribution in [0.3, 0.4) is 0 Å². The third-order valence-electron chi connectivity index (χ3n) is 3.43. The Morgan fingerprint density at radius 2 is 1.87 bits per heavy atom. The minimum Gasteiger partial charge on any atom is -0.324 e. The predicted octanol–water partition coefficient (Wildman–Crippen LogP) is 4.58. The van der Waals surface area contributed by atoms with Crippen molar-refractivity contribution in [1.82, 2.24) is 4.98 Å². The Morgan fingerprint density at radius 1 is 1.04 bits per heavy atom. The molecule has 3 aromatic rings. The number of pyridine rings is 1. The Balaban J connectivity index is 1.79. The zero-order valence-corrected chi connectivity index (χ0v) is 13.1. The molecular weight excluding hydrogens is 308 g/mol. The number of rotatable bonds is 4. The van der Waals surface area contributed by atoms with Crippen LogP contribution < -0.4 is 5.32 Å². The smallest absolute Gasteiger partial charge is 0.228 e. The molecule has 0 unspecified atom stereocenters. The third kappa shape index (κ3) is 3.96. The van der Waals surface area contributed by atoms with E-state index in [-0.39, 0.29) is 12.3 Å². The zero-order chi connectivity index (χ0) is 16.1. The SMILES string of the molecule is O=C(Cc1cccc(Cl)c1)Nc1cnccc1-c1ccccc1. The predicted molar refractivity (Wildman–Crippen MR) is 93.5 cm³/mol. The normalized spacial score (nSPS) is 10.3. The van der Waals surface area contributed by atoms with Crippen LogP contribution in [0.5, 0.6) is 0 Å². The summed E-state index contributed by atoms with van der Waals surface area (Å²) in [6, 6.07) is 19.1. The summed E-state index contributed by atoms with van der Waals surface area (Å²) in [7, 11) is 0. The highest BCUT2D eigenvalue weighted by Gasteiger charge is 2.09. The molecule has 1 N–H and O–H groups in total. The van der Waals surface area contributed by atoms with E-state index in [1.165, 1.54) is 0 Å². The highest BCUT2D eigenvalue weighted by molar-refractivity contribution is 6.30. The van der Waals surface area contributed by atoms with Crippen molar-refractivity contribution in [2.75, 3.05) is 5.32 Å². The summed E-state index contributed by atoms with van der Waals surface area (Å²) in [6.07, 6.45) is 3.65. The molecule has 4 heteroatoms. The van der Waals surface area contributed by atoms with Crippen LogP contribution in [0, 0.1) is 0 Å². The number of nitrogens with one attached hydrogen (secondary N) is 1. The van der Waals surface area contributed by atoms with Crippen molar-refractivity contribution in [3.05, 3.63) is 83.6 Å². The van der Waals surface area contributed by atoms with E-state index in [0.29, 0.717) is 10.7 Å². The molecule has 2 aromatic carbocycles. The van der Waals surface area contributed by atoms with Crippen molar-refractivity contribution < 1.29 is 4.79 Å². The van der Waals surface area contributed by atoms with E-state index in [4.69, 9.17) is 11.6 Å². The topological polar surface area (TPSA) is 42.0 Å². The number of benzene rings is 2. The second-order valence-corrected chi connectivity index (χ2v) is 5.58. The lowest BCUT2D eigenvalue weighted by atomic mass is 10.1. The molecular formula is C19H15ClN2O. The molecule has 0 aliphatic rings. The van der Waals surface area contributed by atoms with E-state index in [1.807, 2.05) is 48.5 Å².